The lowest BCUT2D eigenvalue weighted by Crippen LogP contribution is -2.40. The van der Waals surface area contributed by atoms with Crippen LogP contribution in [0, 0.1) is 0 Å². The van der Waals surface area contributed by atoms with Gasteiger partial charge in [0.25, 0.3) is 0 Å². The van der Waals surface area contributed by atoms with E-state index in [1.54, 1.807) is 24.5 Å². The molecule has 6 nitrogen and oxygen atoms in total. The molecule has 0 radical (unpaired) electrons. The fourth-order valence-electron chi connectivity index (χ4n) is 2.01. The quantitative estimate of drug-likeness (QED) is 0.863. The zero-order chi connectivity index (χ0) is 12.6. The standard InChI is InChI=1S/C11H13N3O3S/c15-18(16,14-3-5-17-6-4-14)9-1-2-10-11(7-9)13-8-12-10/h1-2,7-8H,3-6H2,(H,12,13). The first-order chi connectivity index (χ1) is 8.68. The number of aromatic amines is 1. The Labute approximate surface area is 105 Å². The summed E-state index contributed by atoms with van der Waals surface area (Å²) in [6.07, 6.45) is 1.55. The Morgan fingerprint density at radius 1 is 1.28 bits per heavy atom. The van der Waals surface area contributed by atoms with Gasteiger partial charge in [0.15, 0.2) is 0 Å². The Bertz CT molecular complexity index is 659. The fraction of sp³-hybridized carbons (Fsp3) is 0.364. The molecule has 1 aliphatic rings. The topological polar surface area (TPSA) is 75.3 Å². The molecular formula is C11H13N3O3S. The SMILES string of the molecule is O=S(=O)(c1ccc2nc[nH]c2c1)N1CCOCC1. The molecule has 0 amide bonds. The van der Waals surface area contributed by atoms with Crippen molar-refractivity contribution in [2.45, 2.75) is 4.90 Å². The van der Waals surface area contributed by atoms with Crippen molar-refractivity contribution in [1.82, 2.24) is 14.3 Å². The summed E-state index contributed by atoms with van der Waals surface area (Å²) < 4.78 is 31.4. The van der Waals surface area contributed by atoms with E-state index in [0.29, 0.717) is 31.2 Å². The van der Waals surface area contributed by atoms with Crippen molar-refractivity contribution in [1.29, 1.82) is 0 Å². The summed E-state index contributed by atoms with van der Waals surface area (Å²) in [5.74, 6) is 0. The molecule has 1 fully saturated rings. The molecule has 18 heavy (non-hydrogen) atoms. The van der Waals surface area contributed by atoms with Gasteiger partial charge in [0.1, 0.15) is 0 Å². The van der Waals surface area contributed by atoms with E-state index in [-0.39, 0.29) is 0 Å². The normalized spacial score (nSPS) is 18.2. The van der Waals surface area contributed by atoms with Crippen LogP contribution in [0.2, 0.25) is 0 Å². The van der Waals surface area contributed by atoms with Crippen LogP contribution in [0.4, 0.5) is 0 Å². The van der Waals surface area contributed by atoms with Gasteiger partial charge in [0.05, 0.1) is 35.5 Å². The van der Waals surface area contributed by atoms with Crippen molar-refractivity contribution < 1.29 is 13.2 Å². The van der Waals surface area contributed by atoms with Crippen LogP contribution in [0.3, 0.4) is 0 Å². The maximum absolute atomic E-state index is 12.4. The number of morpholine rings is 1. The highest BCUT2D eigenvalue weighted by molar-refractivity contribution is 7.89. The first-order valence-electron chi connectivity index (χ1n) is 5.69. The van der Waals surface area contributed by atoms with Crippen molar-refractivity contribution in [3.63, 3.8) is 0 Å². The largest absolute Gasteiger partial charge is 0.379 e. The summed E-state index contributed by atoms with van der Waals surface area (Å²) in [6, 6.07) is 4.92. The molecule has 0 atom stereocenters. The van der Waals surface area contributed by atoms with Gasteiger partial charge in [0, 0.05) is 13.1 Å². The highest BCUT2D eigenvalue weighted by atomic mass is 32.2. The van der Waals surface area contributed by atoms with Crippen molar-refractivity contribution >= 4 is 21.1 Å². The smallest absolute Gasteiger partial charge is 0.243 e. The van der Waals surface area contributed by atoms with Gasteiger partial charge in [-0.3, -0.25) is 0 Å². The van der Waals surface area contributed by atoms with Crippen LogP contribution in [0.15, 0.2) is 29.4 Å². The lowest BCUT2D eigenvalue weighted by atomic mass is 10.3. The number of rotatable bonds is 2. The average molecular weight is 267 g/mol. The van der Waals surface area contributed by atoms with Crippen LogP contribution in [0.1, 0.15) is 0 Å². The molecule has 2 heterocycles. The lowest BCUT2D eigenvalue weighted by Gasteiger charge is -2.25. The maximum atomic E-state index is 12.4. The maximum Gasteiger partial charge on any atom is 0.243 e. The number of ether oxygens (including phenoxy) is 1. The van der Waals surface area contributed by atoms with Gasteiger partial charge < -0.3 is 9.72 Å². The third-order valence-corrected chi connectivity index (χ3v) is 4.89. The van der Waals surface area contributed by atoms with Crippen LogP contribution < -0.4 is 0 Å². The number of hydrogen-bond acceptors (Lipinski definition) is 4. The van der Waals surface area contributed by atoms with E-state index in [1.165, 1.54) is 4.31 Å². The number of fused-ring (bicyclic) bond motifs is 1. The lowest BCUT2D eigenvalue weighted by molar-refractivity contribution is 0.0730. The molecule has 3 rings (SSSR count). The minimum atomic E-state index is -3.43. The van der Waals surface area contributed by atoms with Crippen LogP contribution >= 0.6 is 0 Å². The summed E-state index contributed by atoms with van der Waals surface area (Å²) in [6.45, 7) is 1.71. The van der Waals surface area contributed by atoms with Gasteiger partial charge >= 0.3 is 0 Å². The van der Waals surface area contributed by atoms with Gasteiger partial charge in [-0.25, -0.2) is 13.4 Å². The highest BCUT2D eigenvalue weighted by Crippen LogP contribution is 2.20. The fourth-order valence-corrected chi connectivity index (χ4v) is 3.45. The van der Waals surface area contributed by atoms with Crippen molar-refractivity contribution in [3.8, 4) is 0 Å². The third kappa shape index (κ3) is 1.90. The third-order valence-electron chi connectivity index (χ3n) is 3.00. The monoisotopic (exact) mass is 267 g/mol. The number of hydrogen-bond donors (Lipinski definition) is 1. The molecule has 1 aromatic heterocycles. The number of aromatic nitrogens is 2. The number of nitrogens with zero attached hydrogens (tertiary/aromatic N) is 2. The van der Waals surface area contributed by atoms with Crippen molar-refractivity contribution in [3.05, 3.63) is 24.5 Å². The first kappa shape index (κ1) is 11.6. The van der Waals surface area contributed by atoms with E-state index >= 15 is 0 Å². The zero-order valence-corrected chi connectivity index (χ0v) is 10.5. The summed E-state index contributed by atoms with van der Waals surface area (Å²) in [4.78, 5) is 7.28. The summed E-state index contributed by atoms with van der Waals surface area (Å²) in [5.41, 5.74) is 1.49. The molecule has 2 aromatic rings. The molecule has 1 N–H and O–H groups in total. The minimum Gasteiger partial charge on any atom is -0.379 e. The van der Waals surface area contributed by atoms with Gasteiger partial charge in [-0.15, -0.1) is 0 Å². The van der Waals surface area contributed by atoms with Gasteiger partial charge in [-0.2, -0.15) is 4.31 Å². The molecule has 0 saturated carbocycles. The molecular weight excluding hydrogens is 254 g/mol. The van der Waals surface area contributed by atoms with E-state index in [9.17, 15) is 8.42 Å². The van der Waals surface area contributed by atoms with Gasteiger partial charge in [-0.1, -0.05) is 0 Å². The van der Waals surface area contributed by atoms with Gasteiger partial charge in [0.2, 0.25) is 10.0 Å². The van der Waals surface area contributed by atoms with E-state index in [2.05, 4.69) is 9.97 Å². The van der Waals surface area contributed by atoms with Crippen LogP contribution in [-0.4, -0.2) is 49.0 Å². The van der Waals surface area contributed by atoms with E-state index in [1.807, 2.05) is 0 Å². The second kappa shape index (κ2) is 4.34. The zero-order valence-electron chi connectivity index (χ0n) is 9.67. The van der Waals surface area contributed by atoms with Crippen LogP contribution in [0.25, 0.3) is 11.0 Å². The Balaban J connectivity index is 2.01. The summed E-state index contributed by atoms with van der Waals surface area (Å²) in [7, 11) is -3.43. The number of benzene rings is 1. The summed E-state index contributed by atoms with van der Waals surface area (Å²) in [5, 5.41) is 0. The summed E-state index contributed by atoms with van der Waals surface area (Å²) >= 11 is 0. The number of nitrogens with one attached hydrogen (secondary N) is 1. The predicted octanol–water partition coefficient (Wildman–Crippen LogP) is 0.584. The highest BCUT2D eigenvalue weighted by Gasteiger charge is 2.26. The molecule has 1 saturated heterocycles. The molecule has 1 aliphatic heterocycles. The predicted molar refractivity (Wildman–Crippen MR) is 65.7 cm³/mol. The number of imidazole rings is 1. The van der Waals surface area contributed by atoms with Crippen LogP contribution in [0.5, 0.6) is 0 Å². The molecule has 0 spiro atoms. The first-order valence-corrected chi connectivity index (χ1v) is 7.13. The Morgan fingerprint density at radius 3 is 2.83 bits per heavy atom. The van der Waals surface area contributed by atoms with E-state index in [0.717, 1.165) is 11.0 Å². The van der Waals surface area contributed by atoms with Crippen molar-refractivity contribution in [2.75, 3.05) is 26.3 Å². The molecule has 7 heteroatoms. The van der Waals surface area contributed by atoms with E-state index < -0.39 is 10.0 Å². The second-order valence-electron chi connectivity index (χ2n) is 4.10. The second-order valence-corrected chi connectivity index (χ2v) is 6.04. The van der Waals surface area contributed by atoms with Crippen molar-refractivity contribution in [2.24, 2.45) is 0 Å². The van der Waals surface area contributed by atoms with Crippen LogP contribution in [-0.2, 0) is 14.8 Å². The molecule has 0 unspecified atom stereocenters. The Hall–Kier alpha value is -1.44. The Morgan fingerprint density at radius 2 is 2.06 bits per heavy atom. The average Bonchev–Trinajstić information content (AvgIpc) is 2.87. The molecule has 96 valence electrons. The molecule has 0 aliphatic carbocycles. The molecule has 1 aromatic carbocycles. The van der Waals surface area contributed by atoms with E-state index in [4.69, 9.17) is 4.74 Å². The number of sulfonamides is 1. The minimum absolute atomic E-state index is 0.293. The molecule has 0 bridgehead atoms. The number of H-pyrrole nitrogens is 1. The van der Waals surface area contributed by atoms with Gasteiger partial charge in [-0.05, 0) is 18.2 Å². The Kier molecular flexibility index (Phi) is 2.81.